The summed E-state index contributed by atoms with van der Waals surface area (Å²) >= 11 is 9.99. The first-order valence-corrected chi connectivity index (χ1v) is 8.61. The highest BCUT2D eigenvalue weighted by atomic mass is 79.9. The second kappa shape index (κ2) is 7.91. The number of carbonyl (C=O) groups is 2. The van der Waals surface area contributed by atoms with E-state index in [-0.39, 0.29) is 5.56 Å². The number of carbonyl (C=O) groups excluding carboxylic acids is 2. The Hall–Kier alpha value is -1.42. The van der Waals surface area contributed by atoms with Crippen LogP contribution in [0.5, 0.6) is 0 Å². The number of hydrogen-bond donors (Lipinski definition) is 4. The first kappa shape index (κ1) is 17.9. The second-order valence-corrected chi connectivity index (χ2v) is 7.15. The summed E-state index contributed by atoms with van der Waals surface area (Å²) in [6.07, 6.45) is 0. The number of nitrogens with two attached hydrogens (primary N) is 1. The molecule has 0 saturated heterocycles. The molecule has 3 amide bonds. The lowest BCUT2D eigenvalue weighted by molar-refractivity contribution is 0.0954. The average molecular weight is 507 g/mol. The van der Waals surface area contributed by atoms with Gasteiger partial charge in [0.2, 0.25) is 0 Å². The van der Waals surface area contributed by atoms with Crippen LogP contribution in [-0.4, -0.2) is 11.9 Å². The van der Waals surface area contributed by atoms with Crippen LogP contribution in [0.4, 0.5) is 16.2 Å². The van der Waals surface area contributed by atoms with Gasteiger partial charge in [0.25, 0.3) is 5.91 Å². The van der Waals surface area contributed by atoms with E-state index < -0.39 is 11.9 Å². The molecule has 0 heterocycles. The molecule has 9 heteroatoms. The molecule has 0 radical (unpaired) electrons. The largest absolute Gasteiger partial charge is 0.323 e. The summed E-state index contributed by atoms with van der Waals surface area (Å²) in [6.45, 7) is 0. The molecule has 2 aromatic rings. The number of hydrogen-bond acceptors (Lipinski definition) is 3. The Morgan fingerprint density at radius 1 is 0.870 bits per heavy atom. The molecule has 0 spiro atoms. The van der Waals surface area contributed by atoms with Gasteiger partial charge in [-0.05, 0) is 36.4 Å². The maximum Gasteiger partial charge on any atom is 0.323 e. The zero-order chi connectivity index (χ0) is 17.0. The van der Waals surface area contributed by atoms with Gasteiger partial charge in [-0.3, -0.25) is 10.2 Å². The monoisotopic (exact) mass is 504 g/mol. The number of benzene rings is 2. The lowest BCUT2D eigenvalue weighted by atomic mass is 10.1. The van der Waals surface area contributed by atoms with Crippen molar-refractivity contribution in [2.24, 2.45) is 5.84 Å². The topological polar surface area (TPSA) is 96.2 Å². The smallest absolute Gasteiger partial charge is 0.308 e. The maximum absolute atomic E-state index is 12.1. The molecule has 0 unspecified atom stereocenters. The highest BCUT2D eigenvalue weighted by Gasteiger charge is 2.13. The molecule has 2 aromatic carbocycles. The molecule has 2 rings (SSSR count). The minimum Gasteiger partial charge on any atom is -0.308 e. The summed E-state index contributed by atoms with van der Waals surface area (Å²) in [6, 6.07) is 9.70. The van der Waals surface area contributed by atoms with Crippen LogP contribution in [0.15, 0.2) is 49.8 Å². The van der Waals surface area contributed by atoms with Crippen LogP contribution in [0, 0.1) is 0 Å². The van der Waals surface area contributed by atoms with E-state index in [0.717, 1.165) is 8.95 Å². The van der Waals surface area contributed by atoms with Crippen molar-refractivity contribution in [3.05, 3.63) is 55.4 Å². The lowest BCUT2D eigenvalue weighted by Gasteiger charge is -2.12. The Balaban J connectivity index is 2.19. The first-order chi connectivity index (χ1) is 10.9. The van der Waals surface area contributed by atoms with Gasteiger partial charge < -0.3 is 10.6 Å². The van der Waals surface area contributed by atoms with Gasteiger partial charge in [0, 0.05) is 19.1 Å². The van der Waals surface area contributed by atoms with E-state index in [1.807, 2.05) is 11.5 Å². The van der Waals surface area contributed by atoms with Gasteiger partial charge in [0.05, 0.1) is 11.3 Å². The molecule has 120 valence electrons. The van der Waals surface area contributed by atoms with Crippen molar-refractivity contribution in [1.82, 2.24) is 5.43 Å². The molecule has 0 saturated carbocycles. The average Bonchev–Trinajstić information content (AvgIpc) is 2.45. The fraction of sp³-hybridized carbons (Fsp3) is 0. The molecule has 23 heavy (non-hydrogen) atoms. The van der Waals surface area contributed by atoms with Crippen molar-refractivity contribution in [3.63, 3.8) is 0 Å². The fourth-order valence-corrected chi connectivity index (χ4v) is 3.46. The van der Waals surface area contributed by atoms with Gasteiger partial charge in [0.15, 0.2) is 0 Å². The van der Waals surface area contributed by atoms with Crippen molar-refractivity contribution in [2.45, 2.75) is 0 Å². The van der Waals surface area contributed by atoms with E-state index in [9.17, 15) is 9.59 Å². The summed E-state index contributed by atoms with van der Waals surface area (Å²) in [5.74, 6) is 4.65. The molecule has 0 aliphatic rings. The number of amides is 3. The van der Waals surface area contributed by atoms with Crippen LogP contribution in [0.1, 0.15) is 10.4 Å². The van der Waals surface area contributed by atoms with Crippen LogP contribution >= 0.6 is 47.8 Å². The SMILES string of the molecule is NNC(=O)c1ccc(Br)cc1NC(=O)Nc1cc(Br)cc(Br)c1. The van der Waals surface area contributed by atoms with Crippen molar-refractivity contribution in [3.8, 4) is 0 Å². The van der Waals surface area contributed by atoms with Gasteiger partial charge in [-0.15, -0.1) is 0 Å². The Bertz CT molecular complexity index is 747. The lowest BCUT2D eigenvalue weighted by Crippen LogP contribution is -2.31. The van der Waals surface area contributed by atoms with Gasteiger partial charge >= 0.3 is 6.03 Å². The van der Waals surface area contributed by atoms with E-state index in [1.54, 1.807) is 30.3 Å². The van der Waals surface area contributed by atoms with E-state index in [0.29, 0.717) is 15.8 Å². The highest BCUT2D eigenvalue weighted by Crippen LogP contribution is 2.24. The molecule has 0 bridgehead atoms. The zero-order valence-electron chi connectivity index (χ0n) is 11.5. The van der Waals surface area contributed by atoms with Crippen LogP contribution in [0.2, 0.25) is 0 Å². The van der Waals surface area contributed by atoms with Gasteiger partial charge in [-0.1, -0.05) is 47.8 Å². The number of halogens is 3. The van der Waals surface area contributed by atoms with Crippen LogP contribution < -0.4 is 21.9 Å². The standard InChI is InChI=1S/C14H11Br3N4O2/c15-7-1-2-11(13(22)21-18)12(6-7)20-14(23)19-10-4-8(16)3-9(17)5-10/h1-6H,18H2,(H,21,22)(H2,19,20,23). The summed E-state index contributed by atoms with van der Waals surface area (Å²) in [5, 5.41) is 5.31. The molecule has 0 aliphatic heterocycles. The molecule has 0 fully saturated rings. The predicted molar refractivity (Wildman–Crippen MR) is 100 cm³/mol. The normalized spacial score (nSPS) is 10.1. The predicted octanol–water partition coefficient (Wildman–Crippen LogP) is 4.22. The van der Waals surface area contributed by atoms with Crippen molar-refractivity contribution < 1.29 is 9.59 Å². The number of urea groups is 1. The highest BCUT2D eigenvalue weighted by molar-refractivity contribution is 9.11. The zero-order valence-corrected chi connectivity index (χ0v) is 16.2. The number of hydrazine groups is 1. The third-order valence-electron chi connectivity index (χ3n) is 2.73. The first-order valence-electron chi connectivity index (χ1n) is 6.23. The number of anilines is 2. The molecular formula is C14H11Br3N4O2. The fourth-order valence-electron chi connectivity index (χ4n) is 1.81. The summed E-state index contributed by atoms with van der Waals surface area (Å²) in [4.78, 5) is 23.9. The van der Waals surface area contributed by atoms with Crippen molar-refractivity contribution >= 4 is 71.1 Å². The molecule has 5 N–H and O–H groups in total. The van der Waals surface area contributed by atoms with Gasteiger partial charge in [-0.25, -0.2) is 10.6 Å². The van der Waals surface area contributed by atoms with Gasteiger partial charge in [-0.2, -0.15) is 0 Å². The number of nitrogens with one attached hydrogen (secondary N) is 3. The van der Waals surface area contributed by atoms with Crippen molar-refractivity contribution in [2.75, 3.05) is 10.6 Å². The minimum atomic E-state index is -0.502. The molecular weight excluding hydrogens is 496 g/mol. The summed E-state index contributed by atoms with van der Waals surface area (Å²) in [7, 11) is 0. The Kier molecular flexibility index (Phi) is 6.17. The van der Waals surface area contributed by atoms with E-state index in [2.05, 4.69) is 58.4 Å². The van der Waals surface area contributed by atoms with Crippen LogP contribution in [0.3, 0.4) is 0 Å². The van der Waals surface area contributed by atoms with Crippen LogP contribution in [-0.2, 0) is 0 Å². The Morgan fingerprint density at radius 2 is 1.52 bits per heavy atom. The van der Waals surface area contributed by atoms with Crippen molar-refractivity contribution in [1.29, 1.82) is 0 Å². The van der Waals surface area contributed by atoms with Gasteiger partial charge in [0.1, 0.15) is 0 Å². The molecule has 0 aromatic heterocycles. The maximum atomic E-state index is 12.1. The number of nitrogen functional groups attached to an aromatic ring is 1. The van der Waals surface area contributed by atoms with E-state index >= 15 is 0 Å². The Morgan fingerprint density at radius 3 is 2.13 bits per heavy atom. The van der Waals surface area contributed by atoms with E-state index in [1.165, 1.54) is 0 Å². The summed E-state index contributed by atoms with van der Waals surface area (Å²) < 4.78 is 2.34. The quantitative estimate of drug-likeness (QED) is 0.285. The molecule has 0 atom stereocenters. The second-order valence-electron chi connectivity index (χ2n) is 4.40. The minimum absolute atomic E-state index is 0.251. The summed E-state index contributed by atoms with van der Waals surface area (Å²) in [5.41, 5.74) is 3.21. The Labute approximate surface area is 157 Å². The van der Waals surface area contributed by atoms with Crippen LogP contribution in [0.25, 0.3) is 0 Å². The molecule has 6 nitrogen and oxygen atoms in total. The third-order valence-corrected chi connectivity index (χ3v) is 4.13. The van der Waals surface area contributed by atoms with E-state index in [4.69, 9.17) is 5.84 Å². The third kappa shape index (κ3) is 5.03. The molecule has 0 aliphatic carbocycles. The number of rotatable bonds is 3.